The van der Waals surface area contributed by atoms with Crippen LogP contribution in [0, 0.1) is 5.41 Å². The van der Waals surface area contributed by atoms with Crippen molar-refractivity contribution in [2.45, 2.75) is 20.3 Å². The summed E-state index contributed by atoms with van der Waals surface area (Å²) in [6, 6.07) is 6.42. The van der Waals surface area contributed by atoms with Gasteiger partial charge in [0.1, 0.15) is 5.75 Å². The lowest BCUT2D eigenvalue weighted by Gasteiger charge is -2.23. The highest BCUT2D eigenvalue weighted by atomic mass is 16.3. The quantitative estimate of drug-likeness (QED) is 0.727. The van der Waals surface area contributed by atoms with Crippen molar-refractivity contribution in [2.24, 2.45) is 5.41 Å². The van der Waals surface area contributed by atoms with Gasteiger partial charge in [0.05, 0.1) is 5.56 Å². The average molecular weight is 237 g/mol. The van der Waals surface area contributed by atoms with Gasteiger partial charge in [0.25, 0.3) is 5.91 Å². The molecule has 1 aromatic rings. The Kier molecular flexibility index (Phi) is 4.52. The van der Waals surface area contributed by atoms with Crippen molar-refractivity contribution in [2.75, 3.05) is 13.2 Å². The van der Waals surface area contributed by atoms with Gasteiger partial charge in [-0.3, -0.25) is 4.79 Å². The number of carbonyl (C=O) groups is 1. The highest BCUT2D eigenvalue weighted by Crippen LogP contribution is 2.19. The summed E-state index contributed by atoms with van der Waals surface area (Å²) in [4.78, 5) is 11.8. The van der Waals surface area contributed by atoms with Crippen LogP contribution in [0.4, 0.5) is 0 Å². The van der Waals surface area contributed by atoms with E-state index in [-0.39, 0.29) is 29.2 Å². The van der Waals surface area contributed by atoms with Crippen molar-refractivity contribution in [3.63, 3.8) is 0 Å². The third-order valence-electron chi connectivity index (χ3n) is 2.66. The minimum atomic E-state index is -0.297. The largest absolute Gasteiger partial charge is 0.507 e. The van der Waals surface area contributed by atoms with Gasteiger partial charge in [0.15, 0.2) is 0 Å². The predicted molar refractivity (Wildman–Crippen MR) is 65.9 cm³/mol. The molecule has 17 heavy (non-hydrogen) atoms. The number of aliphatic hydroxyl groups is 1. The van der Waals surface area contributed by atoms with Crippen LogP contribution in [0.15, 0.2) is 24.3 Å². The second-order valence-corrected chi connectivity index (χ2v) is 4.84. The Labute approximate surface area is 101 Å². The molecule has 0 unspecified atom stereocenters. The van der Waals surface area contributed by atoms with Gasteiger partial charge in [0, 0.05) is 13.2 Å². The van der Waals surface area contributed by atoms with Gasteiger partial charge >= 0.3 is 0 Å². The average Bonchev–Trinajstić information content (AvgIpc) is 2.27. The second-order valence-electron chi connectivity index (χ2n) is 4.84. The Bertz CT molecular complexity index is 388. The summed E-state index contributed by atoms with van der Waals surface area (Å²) in [7, 11) is 0. The van der Waals surface area contributed by atoms with E-state index in [0.717, 1.165) is 0 Å². The monoisotopic (exact) mass is 237 g/mol. The van der Waals surface area contributed by atoms with Crippen LogP contribution in [-0.4, -0.2) is 29.3 Å². The lowest BCUT2D eigenvalue weighted by Crippen LogP contribution is -2.34. The zero-order valence-electron chi connectivity index (χ0n) is 10.2. The van der Waals surface area contributed by atoms with Crippen molar-refractivity contribution >= 4 is 5.91 Å². The number of aliphatic hydroxyl groups excluding tert-OH is 1. The molecule has 0 aliphatic heterocycles. The molecule has 94 valence electrons. The van der Waals surface area contributed by atoms with Crippen molar-refractivity contribution < 1.29 is 15.0 Å². The van der Waals surface area contributed by atoms with E-state index in [2.05, 4.69) is 5.32 Å². The highest BCUT2D eigenvalue weighted by Gasteiger charge is 2.19. The zero-order valence-corrected chi connectivity index (χ0v) is 10.2. The fraction of sp³-hybridized carbons (Fsp3) is 0.462. The fourth-order valence-electron chi connectivity index (χ4n) is 1.47. The molecule has 1 amide bonds. The van der Waals surface area contributed by atoms with E-state index < -0.39 is 0 Å². The highest BCUT2D eigenvalue weighted by molar-refractivity contribution is 5.96. The molecule has 4 nitrogen and oxygen atoms in total. The van der Waals surface area contributed by atoms with Gasteiger partial charge in [-0.2, -0.15) is 0 Å². The maximum absolute atomic E-state index is 11.8. The lowest BCUT2D eigenvalue weighted by molar-refractivity contribution is 0.0925. The molecule has 1 aromatic carbocycles. The number of benzene rings is 1. The molecule has 0 aliphatic carbocycles. The minimum Gasteiger partial charge on any atom is -0.507 e. The zero-order chi connectivity index (χ0) is 12.9. The maximum atomic E-state index is 11.8. The van der Waals surface area contributed by atoms with Crippen molar-refractivity contribution in [1.29, 1.82) is 0 Å². The Hall–Kier alpha value is -1.55. The number of rotatable bonds is 5. The van der Waals surface area contributed by atoms with E-state index in [1.807, 2.05) is 13.8 Å². The Morgan fingerprint density at radius 3 is 2.59 bits per heavy atom. The van der Waals surface area contributed by atoms with Gasteiger partial charge in [-0.1, -0.05) is 26.0 Å². The molecule has 0 aromatic heterocycles. The number of hydrogen-bond acceptors (Lipinski definition) is 3. The van der Waals surface area contributed by atoms with Gasteiger partial charge in [-0.25, -0.2) is 0 Å². The first-order valence-electron chi connectivity index (χ1n) is 5.63. The third-order valence-corrected chi connectivity index (χ3v) is 2.66. The standard InChI is InChI=1S/C13H19NO3/c1-13(2,7-8-15)9-14-12(17)10-5-3-4-6-11(10)16/h3-6,15-16H,7-9H2,1-2H3,(H,14,17). The van der Waals surface area contributed by atoms with Crippen LogP contribution >= 0.6 is 0 Å². The summed E-state index contributed by atoms with van der Waals surface area (Å²) in [5, 5.41) is 21.1. The van der Waals surface area contributed by atoms with E-state index in [0.29, 0.717) is 13.0 Å². The fourth-order valence-corrected chi connectivity index (χ4v) is 1.47. The van der Waals surface area contributed by atoms with Crippen molar-refractivity contribution in [3.8, 4) is 5.75 Å². The van der Waals surface area contributed by atoms with E-state index in [1.54, 1.807) is 18.2 Å². The summed E-state index contributed by atoms with van der Waals surface area (Å²) in [5.41, 5.74) is 0.113. The predicted octanol–water partition coefficient (Wildman–Crippen LogP) is 1.53. The summed E-state index contributed by atoms with van der Waals surface area (Å²) in [5.74, 6) is -0.320. The Morgan fingerprint density at radius 1 is 1.35 bits per heavy atom. The molecule has 0 fully saturated rings. The smallest absolute Gasteiger partial charge is 0.255 e. The molecule has 0 spiro atoms. The molecule has 4 heteroatoms. The first-order chi connectivity index (χ1) is 7.96. The van der Waals surface area contributed by atoms with Crippen LogP contribution in [0.25, 0.3) is 0 Å². The van der Waals surface area contributed by atoms with Gasteiger partial charge in [-0.15, -0.1) is 0 Å². The van der Waals surface area contributed by atoms with E-state index >= 15 is 0 Å². The second kappa shape index (κ2) is 5.68. The van der Waals surface area contributed by atoms with Crippen LogP contribution in [0.1, 0.15) is 30.6 Å². The summed E-state index contributed by atoms with van der Waals surface area (Å²) < 4.78 is 0. The van der Waals surface area contributed by atoms with Crippen molar-refractivity contribution in [1.82, 2.24) is 5.32 Å². The number of hydrogen-bond donors (Lipinski definition) is 3. The van der Waals surface area contributed by atoms with Crippen LogP contribution in [0.3, 0.4) is 0 Å². The van der Waals surface area contributed by atoms with Crippen LogP contribution in [-0.2, 0) is 0 Å². The molecular formula is C13H19NO3. The molecule has 0 radical (unpaired) electrons. The molecule has 3 N–H and O–H groups in total. The van der Waals surface area contributed by atoms with Gasteiger partial charge in [0.2, 0.25) is 0 Å². The minimum absolute atomic E-state index is 0.0232. The molecule has 0 heterocycles. The summed E-state index contributed by atoms with van der Waals surface area (Å²) >= 11 is 0. The maximum Gasteiger partial charge on any atom is 0.255 e. The molecule has 0 bridgehead atoms. The van der Waals surface area contributed by atoms with Crippen LogP contribution in [0.5, 0.6) is 5.75 Å². The first-order valence-corrected chi connectivity index (χ1v) is 5.63. The number of para-hydroxylation sites is 1. The number of amides is 1. The van der Waals surface area contributed by atoms with Gasteiger partial charge < -0.3 is 15.5 Å². The Balaban J connectivity index is 2.59. The topological polar surface area (TPSA) is 69.6 Å². The van der Waals surface area contributed by atoms with Crippen LogP contribution < -0.4 is 5.32 Å². The van der Waals surface area contributed by atoms with E-state index in [1.165, 1.54) is 6.07 Å². The number of phenols is 1. The summed E-state index contributed by atoms with van der Waals surface area (Å²) in [6.45, 7) is 4.49. The van der Waals surface area contributed by atoms with Crippen molar-refractivity contribution in [3.05, 3.63) is 29.8 Å². The summed E-state index contributed by atoms with van der Waals surface area (Å²) in [6.07, 6.45) is 0.619. The number of phenolic OH excluding ortho intramolecular Hbond substituents is 1. The first kappa shape index (κ1) is 13.5. The number of aromatic hydroxyl groups is 1. The van der Waals surface area contributed by atoms with Crippen LogP contribution in [0.2, 0.25) is 0 Å². The molecule has 1 rings (SSSR count). The van der Waals surface area contributed by atoms with E-state index in [4.69, 9.17) is 5.11 Å². The molecule has 0 aliphatic rings. The normalized spacial score (nSPS) is 11.2. The van der Waals surface area contributed by atoms with Gasteiger partial charge in [-0.05, 0) is 24.0 Å². The molecule has 0 atom stereocenters. The number of carbonyl (C=O) groups excluding carboxylic acids is 1. The molecular weight excluding hydrogens is 218 g/mol. The molecule has 0 saturated heterocycles. The lowest BCUT2D eigenvalue weighted by atomic mass is 9.89. The SMILES string of the molecule is CC(C)(CCO)CNC(=O)c1ccccc1O. The number of nitrogens with one attached hydrogen (secondary N) is 1. The Morgan fingerprint density at radius 2 is 2.00 bits per heavy atom. The van der Waals surface area contributed by atoms with E-state index in [9.17, 15) is 9.90 Å². The molecule has 0 saturated carbocycles. The third kappa shape index (κ3) is 4.07.